The molecule has 1 fully saturated rings. The number of para-hydroxylation sites is 1. The molecule has 0 unspecified atom stereocenters. The van der Waals surface area contributed by atoms with E-state index >= 15 is 0 Å². The van der Waals surface area contributed by atoms with Gasteiger partial charge in [0.05, 0.1) is 18.3 Å². The van der Waals surface area contributed by atoms with Gasteiger partial charge in [-0.05, 0) is 66.1 Å². The fraction of sp³-hybridized carbons (Fsp3) is 0.381. The third-order valence-electron chi connectivity index (χ3n) is 5.44. The average molecular weight is 363 g/mol. The largest absolute Gasteiger partial charge is 0.497 e. The molecule has 0 atom stereocenters. The molecule has 0 saturated heterocycles. The van der Waals surface area contributed by atoms with E-state index in [0.29, 0.717) is 0 Å². The molecule has 1 N–H and O–H groups in total. The molecule has 0 radical (unpaired) electrons. The third-order valence-corrected chi connectivity index (χ3v) is 5.44. The molecule has 1 aromatic heterocycles. The standard InChI is InChI=1S/C21H25N5O/c1-16-8-4-5-9-19(16)22-21(14-6-3-7-15-21)20-23-24-25-26(20)17-10-12-18(27-2)13-11-17/h4-5,8-13,22H,3,6-7,14-15H2,1-2H3. The van der Waals surface area contributed by atoms with Gasteiger partial charge in [0, 0.05) is 5.69 Å². The number of hydrogen-bond donors (Lipinski definition) is 1. The zero-order chi connectivity index (χ0) is 18.7. The van der Waals surface area contributed by atoms with Crippen molar-refractivity contribution >= 4 is 5.69 Å². The number of anilines is 1. The molecule has 1 aliphatic carbocycles. The molecule has 0 bridgehead atoms. The fourth-order valence-electron chi connectivity index (χ4n) is 3.91. The molecule has 1 heterocycles. The summed E-state index contributed by atoms with van der Waals surface area (Å²) in [6.45, 7) is 2.13. The van der Waals surface area contributed by atoms with Crippen LogP contribution in [0.2, 0.25) is 0 Å². The Morgan fingerprint density at radius 1 is 1.00 bits per heavy atom. The molecule has 4 rings (SSSR count). The van der Waals surface area contributed by atoms with Crippen molar-refractivity contribution < 1.29 is 4.74 Å². The molecule has 6 heteroatoms. The average Bonchev–Trinajstić information content (AvgIpc) is 3.21. The maximum atomic E-state index is 5.27. The van der Waals surface area contributed by atoms with Gasteiger partial charge in [0.25, 0.3) is 0 Å². The van der Waals surface area contributed by atoms with Gasteiger partial charge in [-0.25, -0.2) is 0 Å². The molecule has 1 aliphatic rings. The Kier molecular flexibility index (Phi) is 4.79. The second-order valence-electron chi connectivity index (χ2n) is 7.20. The van der Waals surface area contributed by atoms with Crippen molar-refractivity contribution in [3.63, 3.8) is 0 Å². The number of aromatic nitrogens is 4. The van der Waals surface area contributed by atoms with E-state index in [0.717, 1.165) is 48.6 Å². The van der Waals surface area contributed by atoms with E-state index in [2.05, 4.69) is 52.0 Å². The smallest absolute Gasteiger partial charge is 0.181 e. The highest BCUT2D eigenvalue weighted by Crippen LogP contribution is 2.40. The van der Waals surface area contributed by atoms with Gasteiger partial charge in [-0.1, -0.05) is 37.5 Å². The van der Waals surface area contributed by atoms with Crippen LogP contribution >= 0.6 is 0 Å². The van der Waals surface area contributed by atoms with Crippen LogP contribution in [0, 0.1) is 6.92 Å². The topological polar surface area (TPSA) is 64.9 Å². The number of rotatable bonds is 5. The highest BCUT2D eigenvalue weighted by molar-refractivity contribution is 5.53. The van der Waals surface area contributed by atoms with Gasteiger partial charge in [-0.3, -0.25) is 0 Å². The summed E-state index contributed by atoms with van der Waals surface area (Å²) in [5, 5.41) is 16.6. The van der Waals surface area contributed by atoms with Crippen molar-refractivity contribution in [2.45, 2.75) is 44.6 Å². The number of aryl methyl sites for hydroxylation is 1. The van der Waals surface area contributed by atoms with E-state index in [4.69, 9.17) is 4.74 Å². The minimum absolute atomic E-state index is 0.270. The second-order valence-corrected chi connectivity index (χ2v) is 7.20. The Morgan fingerprint density at radius 3 is 2.44 bits per heavy atom. The van der Waals surface area contributed by atoms with Crippen molar-refractivity contribution in [2.24, 2.45) is 0 Å². The fourth-order valence-corrected chi connectivity index (χ4v) is 3.91. The SMILES string of the molecule is COc1ccc(-n2nnnc2C2(Nc3ccccc3C)CCCCC2)cc1. The summed E-state index contributed by atoms with van der Waals surface area (Å²) < 4.78 is 7.13. The number of nitrogens with zero attached hydrogens (tertiary/aromatic N) is 4. The van der Waals surface area contributed by atoms with E-state index in [1.165, 1.54) is 12.0 Å². The van der Waals surface area contributed by atoms with Crippen LogP contribution in [0.5, 0.6) is 5.75 Å². The number of ether oxygens (including phenoxy) is 1. The van der Waals surface area contributed by atoms with Crippen molar-refractivity contribution in [1.82, 2.24) is 20.2 Å². The summed E-state index contributed by atoms with van der Waals surface area (Å²) in [7, 11) is 1.67. The molecule has 6 nitrogen and oxygen atoms in total. The first-order valence-electron chi connectivity index (χ1n) is 9.49. The van der Waals surface area contributed by atoms with E-state index in [1.807, 2.05) is 28.9 Å². The molecule has 0 spiro atoms. The molecular weight excluding hydrogens is 338 g/mol. The second kappa shape index (κ2) is 7.39. The lowest BCUT2D eigenvalue weighted by atomic mass is 9.80. The van der Waals surface area contributed by atoms with Crippen LogP contribution in [-0.4, -0.2) is 27.3 Å². The highest BCUT2D eigenvalue weighted by atomic mass is 16.5. The van der Waals surface area contributed by atoms with Crippen LogP contribution in [0.25, 0.3) is 5.69 Å². The lowest BCUT2D eigenvalue weighted by Gasteiger charge is -2.38. The number of methoxy groups -OCH3 is 1. The van der Waals surface area contributed by atoms with Gasteiger partial charge in [-0.2, -0.15) is 4.68 Å². The van der Waals surface area contributed by atoms with Gasteiger partial charge in [-0.15, -0.1) is 5.10 Å². The predicted molar refractivity (Wildman–Crippen MR) is 105 cm³/mol. The van der Waals surface area contributed by atoms with Crippen molar-refractivity contribution in [1.29, 1.82) is 0 Å². The van der Waals surface area contributed by atoms with E-state index in [1.54, 1.807) is 7.11 Å². The highest BCUT2D eigenvalue weighted by Gasteiger charge is 2.39. The summed E-state index contributed by atoms with van der Waals surface area (Å²) in [5.41, 5.74) is 3.04. The molecule has 0 aliphatic heterocycles. The van der Waals surface area contributed by atoms with Gasteiger partial charge in [0.1, 0.15) is 5.75 Å². The minimum atomic E-state index is -0.270. The van der Waals surface area contributed by atoms with Gasteiger partial charge in [0.2, 0.25) is 0 Å². The van der Waals surface area contributed by atoms with E-state index in [-0.39, 0.29) is 5.54 Å². The Balaban J connectivity index is 1.75. The normalized spacial score (nSPS) is 16.1. The number of nitrogens with one attached hydrogen (secondary N) is 1. The predicted octanol–water partition coefficient (Wildman–Crippen LogP) is 4.25. The van der Waals surface area contributed by atoms with Crippen LogP contribution in [0.1, 0.15) is 43.5 Å². The summed E-state index contributed by atoms with van der Waals surface area (Å²) in [6, 6.07) is 16.2. The van der Waals surface area contributed by atoms with Crippen LogP contribution in [0.15, 0.2) is 48.5 Å². The van der Waals surface area contributed by atoms with Crippen molar-refractivity contribution in [2.75, 3.05) is 12.4 Å². The lowest BCUT2D eigenvalue weighted by Crippen LogP contribution is -2.40. The molecule has 3 aromatic rings. The lowest BCUT2D eigenvalue weighted by molar-refractivity contribution is 0.309. The summed E-state index contributed by atoms with van der Waals surface area (Å²) >= 11 is 0. The van der Waals surface area contributed by atoms with Crippen molar-refractivity contribution in [3.8, 4) is 11.4 Å². The monoisotopic (exact) mass is 363 g/mol. The summed E-state index contributed by atoms with van der Waals surface area (Å²) in [6.07, 6.45) is 5.60. The van der Waals surface area contributed by atoms with Crippen molar-refractivity contribution in [3.05, 3.63) is 59.9 Å². The molecular formula is C21H25N5O. The number of benzene rings is 2. The first kappa shape index (κ1) is 17.5. The molecule has 27 heavy (non-hydrogen) atoms. The summed E-state index contributed by atoms with van der Waals surface area (Å²) in [5.74, 6) is 1.69. The zero-order valence-electron chi connectivity index (χ0n) is 15.9. The van der Waals surface area contributed by atoms with Gasteiger partial charge in [0.15, 0.2) is 5.82 Å². The molecule has 2 aromatic carbocycles. The van der Waals surface area contributed by atoms with Crippen LogP contribution in [0.3, 0.4) is 0 Å². The Morgan fingerprint density at radius 2 is 1.74 bits per heavy atom. The van der Waals surface area contributed by atoms with Gasteiger partial charge >= 0.3 is 0 Å². The van der Waals surface area contributed by atoms with Crippen LogP contribution < -0.4 is 10.1 Å². The number of tetrazole rings is 1. The maximum absolute atomic E-state index is 5.27. The Hall–Kier alpha value is -2.89. The Bertz CT molecular complexity index is 897. The zero-order valence-corrected chi connectivity index (χ0v) is 15.9. The quantitative estimate of drug-likeness (QED) is 0.734. The summed E-state index contributed by atoms with van der Waals surface area (Å²) in [4.78, 5) is 0. The van der Waals surface area contributed by atoms with E-state index < -0.39 is 0 Å². The molecule has 0 amide bonds. The Labute approximate surface area is 159 Å². The maximum Gasteiger partial charge on any atom is 0.181 e. The number of hydrogen-bond acceptors (Lipinski definition) is 5. The van der Waals surface area contributed by atoms with E-state index in [9.17, 15) is 0 Å². The minimum Gasteiger partial charge on any atom is -0.497 e. The molecule has 1 saturated carbocycles. The van der Waals surface area contributed by atoms with Gasteiger partial charge < -0.3 is 10.1 Å². The van der Waals surface area contributed by atoms with Crippen LogP contribution in [0.4, 0.5) is 5.69 Å². The van der Waals surface area contributed by atoms with Crippen LogP contribution in [-0.2, 0) is 5.54 Å². The first-order chi connectivity index (χ1) is 13.2. The first-order valence-corrected chi connectivity index (χ1v) is 9.49. The third kappa shape index (κ3) is 3.39. The molecule has 140 valence electrons.